The molecule has 0 saturated carbocycles. The van der Waals surface area contributed by atoms with E-state index in [0.29, 0.717) is 34.4 Å². The topological polar surface area (TPSA) is 80.5 Å². The number of carbonyl (C=O) groups excluding carboxylic acids is 1. The van der Waals surface area contributed by atoms with Crippen LogP contribution in [0.1, 0.15) is 23.2 Å². The van der Waals surface area contributed by atoms with Gasteiger partial charge in [-0.1, -0.05) is 17.7 Å². The summed E-state index contributed by atoms with van der Waals surface area (Å²) >= 11 is 9.36. The molecule has 1 atom stereocenters. The molecule has 20 heavy (non-hydrogen) atoms. The molecule has 1 aliphatic rings. The molecule has 1 fully saturated rings. The highest BCUT2D eigenvalue weighted by molar-refractivity contribution is 9.10. The van der Waals surface area contributed by atoms with Gasteiger partial charge in [0.1, 0.15) is 0 Å². The van der Waals surface area contributed by atoms with Crippen LogP contribution in [0.3, 0.4) is 0 Å². The van der Waals surface area contributed by atoms with Gasteiger partial charge in [0, 0.05) is 17.6 Å². The highest BCUT2D eigenvalue weighted by Crippen LogP contribution is 2.28. The molecule has 1 amide bonds. The number of halogens is 2. The number of likely N-dealkylation sites (tertiary alicyclic amines) is 1. The zero-order valence-corrected chi connectivity index (χ0v) is 13.7. The number of benzene rings is 1. The smallest absolute Gasteiger partial charge is 0.255 e. The van der Waals surface area contributed by atoms with Crippen molar-refractivity contribution in [3.8, 4) is 0 Å². The van der Waals surface area contributed by atoms with Gasteiger partial charge < -0.3 is 4.90 Å². The van der Waals surface area contributed by atoms with E-state index in [2.05, 4.69) is 15.9 Å². The second-order valence-corrected chi connectivity index (χ2v) is 7.78. The first-order chi connectivity index (χ1) is 9.30. The molecule has 1 unspecified atom stereocenters. The summed E-state index contributed by atoms with van der Waals surface area (Å²) in [6.07, 6.45) is 1.09. The summed E-state index contributed by atoms with van der Waals surface area (Å²) in [5.74, 6) is -0.273. The zero-order valence-electron chi connectivity index (χ0n) is 10.6. The van der Waals surface area contributed by atoms with Gasteiger partial charge in [-0.05, 0) is 40.9 Å². The summed E-state index contributed by atoms with van der Waals surface area (Å²) in [4.78, 5) is 13.9. The first kappa shape index (κ1) is 15.8. The number of nitrogens with zero attached hydrogens (tertiary/aromatic N) is 1. The number of nitrogens with two attached hydrogens (primary N) is 1. The van der Waals surface area contributed by atoms with Crippen LogP contribution in [0.4, 0.5) is 0 Å². The Labute approximate surface area is 131 Å². The molecular formula is C12H14BrClN2O3S. The molecule has 0 aliphatic carbocycles. The molecule has 1 heterocycles. The number of piperidine rings is 1. The Morgan fingerprint density at radius 3 is 2.80 bits per heavy atom. The van der Waals surface area contributed by atoms with Crippen LogP contribution in [0.25, 0.3) is 0 Å². The molecule has 0 bridgehead atoms. The van der Waals surface area contributed by atoms with Gasteiger partial charge in [0.25, 0.3) is 5.91 Å². The van der Waals surface area contributed by atoms with Crippen molar-refractivity contribution in [1.82, 2.24) is 4.90 Å². The lowest BCUT2D eigenvalue weighted by molar-refractivity contribution is 0.0727. The largest absolute Gasteiger partial charge is 0.337 e. The van der Waals surface area contributed by atoms with Crippen molar-refractivity contribution < 1.29 is 13.2 Å². The first-order valence-electron chi connectivity index (χ1n) is 6.05. The monoisotopic (exact) mass is 380 g/mol. The van der Waals surface area contributed by atoms with Gasteiger partial charge in [0.15, 0.2) is 0 Å². The Bertz CT molecular complexity index is 636. The summed E-state index contributed by atoms with van der Waals surface area (Å²) in [6, 6.07) is 5.07. The quantitative estimate of drug-likeness (QED) is 0.851. The van der Waals surface area contributed by atoms with E-state index in [1.807, 2.05) is 0 Å². The van der Waals surface area contributed by atoms with E-state index in [9.17, 15) is 13.2 Å². The van der Waals surface area contributed by atoms with Crippen molar-refractivity contribution in [2.24, 2.45) is 5.14 Å². The van der Waals surface area contributed by atoms with Crippen molar-refractivity contribution in [2.45, 2.75) is 18.1 Å². The van der Waals surface area contributed by atoms with E-state index in [4.69, 9.17) is 16.7 Å². The first-order valence-corrected chi connectivity index (χ1v) is 8.83. The molecule has 5 nitrogen and oxygen atoms in total. The van der Waals surface area contributed by atoms with Gasteiger partial charge in [0.05, 0.1) is 15.8 Å². The molecule has 2 rings (SSSR count). The molecular weight excluding hydrogens is 368 g/mol. The molecule has 110 valence electrons. The standard InChI is InChI=1S/C12H14BrClN2O3S/c13-10-5-1-4-9(11(10)14)12(17)16-6-2-3-8(7-16)20(15,18)19/h1,4-5,8H,2-3,6-7H2,(H2,15,18,19). The fraction of sp³-hybridized carbons (Fsp3) is 0.417. The van der Waals surface area contributed by atoms with Gasteiger partial charge in [-0.2, -0.15) is 0 Å². The van der Waals surface area contributed by atoms with E-state index in [1.165, 1.54) is 4.90 Å². The Hall–Kier alpha value is -0.630. The summed E-state index contributed by atoms with van der Waals surface area (Å²) in [6.45, 7) is 0.619. The molecule has 8 heteroatoms. The van der Waals surface area contributed by atoms with Crippen molar-refractivity contribution in [3.05, 3.63) is 33.3 Å². The van der Waals surface area contributed by atoms with E-state index in [0.717, 1.165) is 0 Å². The van der Waals surface area contributed by atoms with Crippen LogP contribution < -0.4 is 5.14 Å². The normalized spacial score (nSPS) is 19.9. The van der Waals surface area contributed by atoms with Crippen LogP contribution in [-0.2, 0) is 10.0 Å². The molecule has 0 spiro atoms. The zero-order chi connectivity index (χ0) is 14.9. The van der Waals surface area contributed by atoms with Crippen LogP contribution >= 0.6 is 27.5 Å². The van der Waals surface area contributed by atoms with Crippen molar-refractivity contribution in [1.29, 1.82) is 0 Å². The van der Waals surface area contributed by atoms with Crippen molar-refractivity contribution in [2.75, 3.05) is 13.1 Å². The van der Waals surface area contributed by atoms with Gasteiger partial charge in [0.2, 0.25) is 10.0 Å². The van der Waals surface area contributed by atoms with Gasteiger partial charge >= 0.3 is 0 Å². The van der Waals surface area contributed by atoms with Gasteiger partial charge in [-0.15, -0.1) is 0 Å². The second-order valence-electron chi connectivity index (χ2n) is 4.71. The number of hydrogen-bond acceptors (Lipinski definition) is 3. The minimum absolute atomic E-state index is 0.112. The fourth-order valence-corrected chi connectivity index (χ4v) is 3.69. The van der Waals surface area contributed by atoms with Crippen molar-refractivity contribution >= 4 is 43.5 Å². The maximum atomic E-state index is 12.4. The molecule has 2 N–H and O–H groups in total. The molecule has 1 aliphatic heterocycles. The molecule has 0 radical (unpaired) electrons. The SMILES string of the molecule is NS(=O)(=O)C1CCCN(C(=O)c2cccc(Br)c2Cl)C1. The lowest BCUT2D eigenvalue weighted by Crippen LogP contribution is -2.47. The molecule has 1 saturated heterocycles. The highest BCUT2D eigenvalue weighted by Gasteiger charge is 2.31. The number of primary sulfonamides is 1. The predicted octanol–water partition coefficient (Wildman–Crippen LogP) is 2.00. The Morgan fingerprint density at radius 2 is 2.15 bits per heavy atom. The fourth-order valence-electron chi connectivity index (χ4n) is 2.23. The lowest BCUT2D eigenvalue weighted by atomic mass is 10.1. The van der Waals surface area contributed by atoms with Gasteiger partial charge in [-0.25, -0.2) is 13.6 Å². The number of sulfonamides is 1. The average Bonchev–Trinajstić information content (AvgIpc) is 2.40. The molecule has 0 aromatic heterocycles. The van der Waals surface area contributed by atoms with E-state index >= 15 is 0 Å². The lowest BCUT2D eigenvalue weighted by Gasteiger charge is -2.31. The minimum atomic E-state index is -3.63. The Kier molecular flexibility index (Phi) is 4.73. The van der Waals surface area contributed by atoms with Crippen LogP contribution in [0.2, 0.25) is 5.02 Å². The average molecular weight is 382 g/mol. The summed E-state index contributed by atoms with van der Waals surface area (Å²) in [5, 5.41) is 4.79. The predicted molar refractivity (Wildman–Crippen MR) is 81.2 cm³/mol. The van der Waals surface area contributed by atoms with Crippen LogP contribution in [0.15, 0.2) is 22.7 Å². The molecule has 1 aromatic carbocycles. The highest BCUT2D eigenvalue weighted by atomic mass is 79.9. The Balaban J connectivity index is 2.23. The summed E-state index contributed by atoms with van der Waals surface area (Å²) in [7, 11) is -3.63. The van der Waals surface area contributed by atoms with E-state index < -0.39 is 15.3 Å². The maximum Gasteiger partial charge on any atom is 0.255 e. The number of amides is 1. The van der Waals surface area contributed by atoms with Gasteiger partial charge in [-0.3, -0.25) is 4.79 Å². The number of carbonyl (C=O) groups is 1. The second kappa shape index (κ2) is 6.01. The van der Waals surface area contributed by atoms with E-state index in [1.54, 1.807) is 18.2 Å². The molecule has 1 aromatic rings. The third-order valence-electron chi connectivity index (χ3n) is 3.31. The number of rotatable bonds is 2. The van der Waals surface area contributed by atoms with E-state index in [-0.39, 0.29) is 12.5 Å². The third kappa shape index (κ3) is 3.33. The summed E-state index contributed by atoms with van der Waals surface area (Å²) < 4.78 is 23.5. The van der Waals surface area contributed by atoms with Crippen molar-refractivity contribution in [3.63, 3.8) is 0 Å². The Morgan fingerprint density at radius 1 is 1.45 bits per heavy atom. The minimum Gasteiger partial charge on any atom is -0.337 e. The number of hydrogen-bond donors (Lipinski definition) is 1. The third-order valence-corrected chi connectivity index (χ3v) is 5.92. The maximum absolute atomic E-state index is 12.4. The summed E-state index contributed by atoms with van der Waals surface area (Å²) in [5.41, 5.74) is 0.358. The van der Waals surface area contributed by atoms with Crippen LogP contribution in [0, 0.1) is 0 Å². The van der Waals surface area contributed by atoms with Crippen LogP contribution in [-0.4, -0.2) is 37.6 Å². The van der Waals surface area contributed by atoms with Crippen LogP contribution in [0.5, 0.6) is 0 Å².